The van der Waals surface area contributed by atoms with Gasteiger partial charge in [-0.05, 0) is 61.9 Å². The zero-order chi connectivity index (χ0) is 23.7. The van der Waals surface area contributed by atoms with Crippen LogP contribution in [0, 0.1) is 18.8 Å². The molecular weight excluding hydrogens is 432 g/mol. The number of para-hydroxylation sites is 1. The lowest BCUT2D eigenvalue weighted by Crippen LogP contribution is -2.51. The average Bonchev–Trinajstić information content (AvgIpc) is 3.36. The van der Waals surface area contributed by atoms with Crippen LogP contribution < -0.4 is 10.2 Å². The molecule has 178 valence electrons. The highest BCUT2D eigenvalue weighted by atomic mass is 16.5. The zero-order valence-corrected chi connectivity index (χ0v) is 19.3. The predicted molar refractivity (Wildman–Crippen MR) is 130 cm³/mol. The van der Waals surface area contributed by atoms with E-state index in [1.54, 1.807) is 12.1 Å². The second-order valence-electron chi connectivity index (χ2n) is 9.36. The highest BCUT2D eigenvalue weighted by Crippen LogP contribution is 2.35. The van der Waals surface area contributed by atoms with Crippen molar-refractivity contribution in [2.45, 2.75) is 32.2 Å². The molecule has 34 heavy (non-hydrogen) atoms. The topological polar surface area (TPSA) is 108 Å². The van der Waals surface area contributed by atoms with Crippen molar-refractivity contribution in [1.82, 2.24) is 15.3 Å². The summed E-state index contributed by atoms with van der Waals surface area (Å²) in [6.07, 6.45) is 1.78. The lowest BCUT2D eigenvalue weighted by molar-refractivity contribution is 0.147. The molecule has 2 aliphatic rings. The van der Waals surface area contributed by atoms with Crippen LogP contribution in [-0.4, -0.2) is 58.6 Å². The van der Waals surface area contributed by atoms with E-state index in [2.05, 4.69) is 22.3 Å². The third-order valence-electron chi connectivity index (χ3n) is 7.01. The lowest BCUT2D eigenvalue weighted by atomic mass is 9.82. The van der Waals surface area contributed by atoms with Gasteiger partial charge >= 0.3 is 6.09 Å². The molecule has 1 unspecified atom stereocenters. The fourth-order valence-electron chi connectivity index (χ4n) is 5.34. The number of nitrogens with one attached hydrogen (secondary N) is 1. The van der Waals surface area contributed by atoms with Gasteiger partial charge in [-0.2, -0.15) is 0 Å². The number of nitrogens with zero attached hydrogens (tertiary/aromatic N) is 3. The van der Waals surface area contributed by atoms with Crippen molar-refractivity contribution < 1.29 is 19.7 Å². The number of aryl methyl sites for hydroxylation is 1. The molecule has 2 aromatic carbocycles. The third kappa shape index (κ3) is 4.50. The summed E-state index contributed by atoms with van der Waals surface area (Å²) in [5.41, 5.74) is 2.52. The molecule has 0 bridgehead atoms. The number of phenols is 1. The smallest absolute Gasteiger partial charge is 0.404 e. The van der Waals surface area contributed by atoms with Gasteiger partial charge in [0.1, 0.15) is 11.6 Å². The number of phenolic OH excluding ortho intramolecular Hbond substituents is 1. The molecule has 2 fully saturated rings. The lowest BCUT2D eigenvalue weighted by Gasteiger charge is -2.39. The average molecular weight is 463 g/mol. The number of fused-ring (bicyclic) bond motifs is 1. The van der Waals surface area contributed by atoms with E-state index in [1.165, 1.54) is 0 Å². The summed E-state index contributed by atoms with van der Waals surface area (Å²) in [7, 11) is 0. The molecule has 1 amide bonds. The maximum atomic E-state index is 11.6. The molecule has 0 saturated carbocycles. The number of ether oxygens (including phenoxy) is 1. The van der Waals surface area contributed by atoms with Crippen LogP contribution in [-0.2, 0) is 4.74 Å². The fourth-order valence-corrected chi connectivity index (χ4v) is 5.34. The number of aromatic nitrogens is 2. The predicted octanol–water partition coefficient (Wildman–Crippen LogP) is 4.20. The minimum Gasteiger partial charge on any atom is -0.507 e. The number of amides is 1. The zero-order valence-electron chi connectivity index (χ0n) is 19.3. The van der Waals surface area contributed by atoms with Gasteiger partial charge in [-0.3, -0.25) is 0 Å². The number of hydrogen-bond donors (Lipinski definition) is 3. The van der Waals surface area contributed by atoms with E-state index >= 15 is 0 Å². The van der Waals surface area contributed by atoms with Crippen molar-refractivity contribution in [3.05, 3.63) is 48.0 Å². The molecule has 3 atom stereocenters. The van der Waals surface area contributed by atoms with E-state index in [9.17, 15) is 15.0 Å². The van der Waals surface area contributed by atoms with Crippen LogP contribution in [0.15, 0.2) is 42.5 Å². The standard InChI is InChI=1S/C26H30N4O4/c1-16-8-9-19-21(13-16)27-24(20-6-2-3-7-22(20)31)29-25(19)30-11-4-5-17(14-30)23(28-26(32)33)18-10-12-34-15-18/h2-3,6-9,13,17-18,23,28,31H,4-5,10-12,14-15H2,1H3,(H,32,33)/t17-,18?,23-/m0/s1. The van der Waals surface area contributed by atoms with Crippen molar-refractivity contribution in [3.63, 3.8) is 0 Å². The summed E-state index contributed by atoms with van der Waals surface area (Å²) in [6.45, 7) is 4.83. The van der Waals surface area contributed by atoms with Crippen molar-refractivity contribution in [2.75, 3.05) is 31.2 Å². The fraction of sp³-hybridized carbons (Fsp3) is 0.423. The summed E-state index contributed by atoms with van der Waals surface area (Å²) in [6, 6.07) is 13.1. The number of carboxylic acid groups (broad SMARTS) is 1. The largest absolute Gasteiger partial charge is 0.507 e. The van der Waals surface area contributed by atoms with Crippen molar-refractivity contribution >= 4 is 22.8 Å². The quantitative estimate of drug-likeness (QED) is 0.521. The van der Waals surface area contributed by atoms with Crippen LogP contribution in [0.4, 0.5) is 10.6 Å². The molecule has 1 aromatic heterocycles. The van der Waals surface area contributed by atoms with E-state index in [1.807, 2.05) is 25.1 Å². The minimum absolute atomic E-state index is 0.143. The number of hydrogen-bond acceptors (Lipinski definition) is 6. The van der Waals surface area contributed by atoms with Gasteiger partial charge in [0, 0.05) is 37.0 Å². The van der Waals surface area contributed by atoms with Gasteiger partial charge < -0.3 is 25.2 Å². The Kier molecular flexibility index (Phi) is 6.24. The summed E-state index contributed by atoms with van der Waals surface area (Å²) < 4.78 is 5.58. The molecule has 8 heteroatoms. The summed E-state index contributed by atoms with van der Waals surface area (Å²) in [4.78, 5) is 23.5. The summed E-state index contributed by atoms with van der Waals surface area (Å²) in [5.74, 6) is 1.79. The molecule has 2 aliphatic heterocycles. The van der Waals surface area contributed by atoms with Crippen molar-refractivity contribution in [1.29, 1.82) is 0 Å². The van der Waals surface area contributed by atoms with Gasteiger partial charge in [-0.15, -0.1) is 0 Å². The Morgan fingerprint density at radius 3 is 2.79 bits per heavy atom. The number of aromatic hydroxyl groups is 1. The Balaban J connectivity index is 1.53. The Labute approximate surface area is 198 Å². The van der Waals surface area contributed by atoms with Crippen LogP contribution in [0.2, 0.25) is 0 Å². The molecule has 5 rings (SSSR count). The Morgan fingerprint density at radius 1 is 1.18 bits per heavy atom. The maximum Gasteiger partial charge on any atom is 0.404 e. The highest BCUT2D eigenvalue weighted by molar-refractivity contribution is 5.92. The second-order valence-corrected chi connectivity index (χ2v) is 9.36. The van der Waals surface area contributed by atoms with Crippen molar-refractivity contribution in [2.24, 2.45) is 11.8 Å². The van der Waals surface area contributed by atoms with Crippen LogP contribution in [0.5, 0.6) is 5.75 Å². The Morgan fingerprint density at radius 2 is 2.03 bits per heavy atom. The molecule has 2 saturated heterocycles. The van der Waals surface area contributed by atoms with E-state index in [4.69, 9.17) is 14.7 Å². The van der Waals surface area contributed by atoms with Gasteiger partial charge in [0.15, 0.2) is 5.82 Å². The number of carbonyl (C=O) groups is 1. The molecule has 3 heterocycles. The highest BCUT2D eigenvalue weighted by Gasteiger charge is 2.36. The van der Waals surface area contributed by atoms with Gasteiger partial charge in [-0.1, -0.05) is 18.2 Å². The van der Waals surface area contributed by atoms with Gasteiger partial charge in [0.2, 0.25) is 0 Å². The molecule has 0 aliphatic carbocycles. The van der Waals surface area contributed by atoms with Crippen LogP contribution >= 0.6 is 0 Å². The molecule has 0 spiro atoms. The first-order valence-electron chi connectivity index (χ1n) is 11.9. The normalized spacial score (nSPS) is 21.5. The first kappa shape index (κ1) is 22.4. The first-order chi connectivity index (χ1) is 16.5. The Hall–Kier alpha value is -3.39. The second kappa shape index (κ2) is 9.46. The van der Waals surface area contributed by atoms with E-state index in [-0.39, 0.29) is 23.6 Å². The minimum atomic E-state index is -0.987. The van der Waals surface area contributed by atoms with E-state index < -0.39 is 6.09 Å². The van der Waals surface area contributed by atoms with Gasteiger partial charge in [-0.25, -0.2) is 14.8 Å². The van der Waals surface area contributed by atoms with Crippen LogP contribution in [0.3, 0.4) is 0 Å². The molecule has 0 radical (unpaired) electrons. The first-order valence-corrected chi connectivity index (χ1v) is 11.9. The third-order valence-corrected chi connectivity index (χ3v) is 7.01. The number of anilines is 1. The maximum absolute atomic E-state index is 11.6. The number of piperidine rings is 1. The molecule has 3 N–H and O–H groups in total. The van der Waals surface area contributed by atoms with Crippen molar-refractivity contribution in [3.8, 4) is 17.1 Å². The molecular formula is C26H30N4O4. The monoisotopic (exact) mass is 462 g/mol. The van der Waals surface area contributed by atoms with Gasteiger partial charge in [0.25, 0.3) is 0 Å². The van der Waals surface area contributed by atoms with Gasteiger partial charge in [0.05, 0.1) is 17.7 Å². The SMILES string of the molecule is Cc1ccc2c(N3CCC[C@H]([C@H](NC(=O)O)C4CCOC4)C3)nc(-c3ccccc3O)nc2c1. The summed E-state index contributed by atoms with van der Waals surface area (Å²) >= 11 is 0. The van der Waals surface area contributed by atoms with E-state index in [0.717, 1.165) is 48.1 Å². The Bertz CT molecular complexity index is 1190. The number of benzene rings is 2. The molecule has 3 aromatic rings. The van der Waals surface area contributed by atoms with Crippen LogP contribution in [0.25, 0.3) is 22.3 Å². The summed E-state index contributed by atoms with van der Waals surface area (Å²) in [5, 5.41) is 23.7. The van der Waals surface area contributed by atoms with Crippen LogP contribution in [0.1, 0.15) is 24.8 Å². The molecule has 8 nitrogen and oxygen atoms in total. The number of rotatable bonds is 5. The van der Waals surface area contributed by atoms with E-state index in [0.29, 0.717) is 31.1 Å².